The van der Waals surface area contributed by atoms with E-state index in [0.29, 0.717) is 13.1 Å². The molecule has 1 heterocycles. The number of piperidine rings is 1. The van der Waals surface area contributed by atoms with E-state index in [1.54, 1.807) is 0 Å². The quantitative estimate of drug-likeness (QED) is 0.718. The zero-order chi connectivity index (χ0) is 11.4. The van der Waals surface area contributed by atoms with Gasteiger partial charge in [-0.2, -0.15) is 5.26 Å². The van der Waals surface area contributed by atoms with E-state index in [0.717, 1.165) is 18.4 Å². The van der Waals surface area contributed by atoms with Crippen LogP contribution in [0.5, 0.6) is 0 Å². The van der Waals surface area contributed by atoms with Crippen LogP contribution in [0.3, 0.4) is 0 Å². The molecule has 1 amide bonds. The minimum atomic E-state index is 0.0805. The summed E-state index contributed by atoms with van der Waals surface area (Å²) in [5.74, 6) is 0.205. The number of carbonyl (C=O) groups is 1. The zero-order valence-corrected chi connectivity index (χ0v) is 9.10. The molecule has 0 bridgehead atoms. The minimum absolute atomic E-state index is 0.0805. The molecule has 1 aromatic rings. The van der Waals surface area contributed by atoms with E-state index in [1.165, 1.54) is 0 Å². The van der Waals surface area contributed by atoms with Gasteiger partial charge in [-0.15, -0.1) is 0 Å². The van der Waals surface area contributed by atoms with Crippen LogP contribution in [0, 0.1) is 17.2 Å². The first-order chi connectivity index (χ1) is 7.81. The van der Waals surface area contributed by atoms with Gasteiger partial charge < -0.3 is 4.90 Å². The maximum Gasteiger partial charge on any atom is 0.253 e. The van der Waals surface area contributed by atoms with Gasteiger partial charge in [-0.05, 0) is 25.0 Å². The van der Waals surface area contributed by atoms with Gasteiger partial charge in [0.15, 0.2) is 0 Å². The third kappa shape index (κ3) is 2.22. The Morgan fingerprint density at radius 2 is 1.88 bits per heavy atom. The standard InChI is InChI=1S/C13H14N2O/c14-10-11-6-8-15(9-7-11)13(16)12-4-2-1-3-5-12/h1-5,11H,6-9H2. The van der Waals surface area contributed by atoms with E-state index in [-0.39, 0.29) is 11.8 Å². The van der Waals surface area contributed by atoms with E-state index in [9.17, 15) is 4.79 Å². The van der Waals surface area contributed by atoms with Crippen molar-refractivity contribution in [1.29, 1.82) is 5.26 Å². The number of amides is 1. The van der Waals surface area contributed by atoms with Gasteiger partial charge in [-0.1, -0.05) is 18.2 Å². The average molecular weight is 214 g/mol. The topological polar surface area (TPSA) is 44.1 Å². The fraction of sp³-hybridized carbons (Fsp3) is 0.385. The van der Waals surface area contributed by atoms with Gasteiger partial charge in [0, 0.05) is 24.6 Å². The summed E-state index contributed by atoms with van der Waals surface area (Å²) >= 11 is 0. The molecule has 1 fully saturated rings. The Balaban J connectivity index is 2.00. The summed E-state index contributed by atoms with van der Waals surface area (Å²) < 4.78 is 0. The summed E-state index contributed by atoms with van der Waals surface area (Å²) in [5.41, 5.74) is 0.734. The maximum absolute atomic E-state index is 12.0. The summed E-state index contributed by atoms with van der Waals surface area (Å²) in [5, 5.41) is 8.78. The number of carbonyl (C=O) groups excluding carboxylic acids is 1. The number of rotatable bonds is 1. The van der Waals surface area contributed by atoms with Crippen molar-refractivity contribution in [2.75, 3.05) is 13.1 Å². The SMILES string of the molecule is N#CC1CCN(C(=O)c2ccccc2)CC1. The van der Waals surface area contributed by atoms with Crippen molar-refractivity contribution in [2.24, 2.45) is 5.92 Å². The van der Waals surface area contributed by atoms with E-state index in [4.69, 9.17) is 5.26 Å². The van der Waals surface area contributed by atoms with E-state index in [1.807, 2.05) is 35.2 Å². The van der Waals surface area contributed by atoms with Crippen molar-refractivity contribution in [3.63, 3.8) is 0 Å². The molecule has 0 aromatic heterocycles. The third-order valence-corrected chi connectivity index (χ3v) is 2.99. The van der Waals surface area contributed by atoms with Crippen LogP contribution in [0.25, 0.3) is 0 Å². The molecule has 16 heavy (non-hydrogen) atoms. The van der Waals surface area contributed by atoms with Crippen molar-refractivity contribution in [1.82, 2.24) is 4.90 Å². The number of hydrogen-bond donors (Lipinski definition) is 0. The molecule has 1 aromatic carbocycles. The van der Waals surface area contributed by atoms with Gasteiger partial charge in [-0.3, -0.25) is 4.79 Å². The van der Waals surface area contributed by atoms with Crippen LogP contribution < -0.4 is 0 Å². The highest BCUT2D eigenvalue weighted by Gasteiger charge is 2.22. The molecule has 1 aliphatic heterocycles. The van der Waals surface area contributed by atoms with Gasteiger partial charge in [0.2, 0.25) is 0 Å². The zero-order valence-electron chi connectivity index (χ0n) is 9.10. The molecular formula is C13H14N2O. The van der Waals surface area contributed by atoms with E-state index < -0.39 is 0 Å². The lowest BCUT2D eigenvalue weighted by molar-refractivity contribution is 0.0707. The summed E-state index contributed by atoms with van der Waals surface area (Å²) in [6.07, 6.45) is 1.60. The number of nitrogens with zero attached hydrogens (tertiary/aromatic N) is 2. The predicted molar refractivity (Wildman–Crippen MR) is 60.7 cm³/mol. The smallest absolute Gasteiger partial charge is 0.253 e. The molecule has 1 aliphatic rings. The van der Waals surface area contributed by atoms with Gasteiger partial charge in [0.05, 0.1) is 6.07 Å². The van der Waals surface area contributed by atoms with Crippen molar-refractivity contribution < 1.29 is 4.79 Å². The Morgan fingerprint density at radius 1 is 1.25 bits per heavy atom. The Labute approximate surface area is 95.3 Å². The fourth-order valence-corrected chi connectivity index (χ4v) is 1.97. The minimum Gasteiger partial charge on any atom is -0.339 e. The molecule has 0 unspecified atom stereocenters. The van der Waals surface area contributed by atoms with E-state index in [2.05, 4.69) is 6.07 Å². The normalized spacial score (nSPS) is 16.8. The molecule has 0 aliphatic carbocycles. The number of hydrogen-bond acceptors (Lipinski definition) is 2. The first-order valence-electron chi connectivity index (χ1n) is 5.55. The van der Waals surface area contributed by atoms with E-state index >= 15 is 0 Å². The summed E-state index contributed by atoms with van der Waals surface area (Å²) in [7, 11) is 0. The van der Waals surface area contributed by atoms with Gasteiger partial charge in [0.25, 0.3) is 5.91 Å². The van der Waals surface area contributed by atoms with Gasteiger partial charge in [0.1, 0.15) is 0 Å². The van der Waals surface area contributed by atoms with Crippen molar-refractivity contribution in [3.05, 3.63) is 35.9 Å². The predicted octanol–water partition coefficient (Wildman–Crippen LogP) is 2.06. The molecule has 82 valence electrons. The number of benzene rings is 1. The number of likely N-dealkylation sites (tertiary alicyclic amines) is 1. The molecule has 3 nitrogen and oxygen atoms in total. The second kappa shape index (κ2) is 4.80. The molecule has 0 spiro atoms. The summed E-state index contributed by atoms with van der Waals surface area (Å²) in [4.78, 5) is 13.9. The number of nitriles is 1. The average Bonchev–Trinajstić information content (AvgIpc) is 2.39. The molecule has 2 rings (SSSR count). The van der Waals surface area contributed by atoms with Crippen LogP contribution in [-0.4, -0.2) is 23.9 Å². The molecule has 0 radical (unpaired) electrons. The first kappa shape index (κ1) is 10.7. The van der Waals surface area contributed by atoms with Crippen LogP contribution in [0.15, 0.2) is 30.3 Å². The maximum atomic E-state index is 12.0. The Kier molecular flexibility index (Phi) is 3.21. The second-order valence-corrected chi connectivity index (χ2v) is 4.06. The molecule has 3 heteroatoms. The lowest BCUT2D eigenvalue weighted by atomic mass is 9.98. The van der Waals surface area contributed by atoms with Crippen molar-refractivity contribution >= 4 is 5.91 Å². The van der Waals surface area contributed by atoms with Gasteiger partial charge in [-0.25, -0.2) is 0 Å². The van der Waals surface area contributed by atoms with Gasteiger partial charge >= 0.3 is 0 Å². The lowest BCUT2D eigenvalue weighted by Gasteiger charge is -2.29. The Bertz CT molecular complexity index is 400. The highest BCUT2D eigenvalue weighted by atomic mass is 16.2. The van der Waals surface area contributed by atoms with Crippen molar-refractivity contribution in [2.45, 2.75) is 12.8 Å². The first-order valence-corrected chi connectivity index (χ1v) is 5.55. The highest BCUT2D eigenvalue weighted by molar-refractivity contribution is 5.94. The highest BCUT2D eigenvalue weighted by Crippen LogP contribution is 2.17. The second-order valence-electron chi connectivity index (χ2n) is 4.06. The molecule has 0 N–H and O–H groups in total. The molecule has 0 atom stereocenters. The summed E-state index contributed by atoms with van der Waals surface area (Å²) in [6, 6.07) is 11.6. The third-order valence-electron chi connectivity index (χ3n) is 2.99. The van der Waals surface area contributed by atoms with Crippen LogP contribution >= 0.6 is 0 Å². The lowest BCUT2D eigenvalue weighted by Crippen LogP contribution is -2.38. The molecule has 1 saturated heterocycles. The largest absolute Gasteiger partial charge is 0.339 e. The van der Waals surface area contributed by atoms with Crippen LogP contribution in [0.1, 0.15) is 23.2 Å². The summed E-state index contributed by atoms with van der Waals surface area (Å²) in [6.45, 7) is 1.40. The monoisotopic (exact) mass is 214 g/mol. The molecular weight excluding hydrogens is 200 g/mol. The van der Waals surface area contributed by atoms with Crippen LogP contribution in [-0.2, 0) is 0 Å². The van der Waals surface area contributed by atoms with Crippen molar-refractivity contribution in [3.8, 4) is 6.07 Å². The van der Waals surface area contributed by atoms with Crippen LogP contribution in [0.4, 0.5) is 0 Å². The Hall–Kier alpha value is -1.82. The molecule has 0 saturated carbocycles. The van der Waals surface area contributed by atoms with Crippen LogP contribution in [0.2, 0.25) is 0 Å². The fourth-order valence-electron chi connectivity index (χ4n) is 1.97. The Morgan fingerprint density at radius 3 is 2.44 bits per heavy atom.